The van der Waals surface area contributed by atoms with Gasteiger partial charge in [-0.3, -0.25) is 4.79 Å². The van der Waals surface area contributed by atoms with Crippen molar-refractivity contribution < 1.29 is 33.2 Å². The summed E-state index contributed by atoms with van der Waals surface area (Å²) in [6.07, 6.45) is 3.17. The van der Waals surface area contributed by atoms with Crippen LogP contribution in [0.2, 0.25) is 0 Å². The lowest BCUT2D eigenvalue weighted by molar-refractivity contribution is 0.104. The summed E-state index contributed by atoms with van der Waals surface area (Å²) in [6, 6.07) is 8.61. The van der Waals surface area contributed by atoms with Crippen LogP contribution in [0, 0.1) is 0 Å². The van der Waals surface area contributed by atoms with E-state index in [1.54, 1.807) is 57.7 Å². The third-order valence-electron chi connectivity index (χ3n) is 4.19. The molecule has 0 atom stereocenters. The molecule has 2 aromatic carbocycles. The Morgan fingerprint density at radius 1 is 0.833 bits per heavy atom. The number of hydrogen-bond donors (Lipinski definition) is 0. The van der Waals surface area contributed by atoms with E-state index in [0.29, 0.717) is 54.1 Å². The zero-order valence-corrected chi connectivity index (χ0v) is 18.0. The normalized spacial score (nSPS) is 10.7. The molecule has 0 spiro atoms. The van der Waals surface area contributed by atoms with Crippen LogP contribution in [-0.2, 0) is 4.74 Å². The molecule has 2 aromatic rings. The van der Waals surface area contributed by atoms with Gasteiger partial charge in [-0.05, 0) is 48.9 Å². The van der Waals surface area contributed by atoms with Crippen LogP contribution in [0.25, 0.3) is 6.08 Å². The van der Waals surface area contributed by atoms with Crippen LogP contribution in [0.1, 0.15) is 22.8 Å². The van der Waals surface area contributed by atoms with Gasteiger partial charge in [-0.1, -0.05) is 6.08 Å². The fraction of sp³-hybridized carbons (Fsp3) is 0.348. The van der Waals surface area contributed by atoms with Crippen LogP contribution >= 0.6 is 0 Å². The van der Waals surface area contributed by atoms with Gasteiger partial charge >= 0.3 is 0 Å². The molecule has 30 heavy (non-hydrogen) atoms. The molecule has 0 aliphatic heterocycles. The Balaban J connectivity index is 2.22. The van der Waals surface area contributed by atoms with Crippen molar-refractivity contribution in [1.82, 2.24) is 0 Å². The van der Waals surface area contributed by atoms with Crippen molar-refractivity contribution in [3.63, 3.8) is 0 Å². The molecule has 0 aliphatic carbocycles. The fourth-order valence-corrected chi connectivity index (χ4v) is 2.73. The Morgan fingerprint density at radius 3 is 2.07 bits per heavy atom. The van der Waals surface area contributed by atoms with Gasteiger partial charge in [-0.25, -0.2) is 0 Å². The van der Waals surface area contributed by atoms with E-state index in [9.17, 15) is 4.79 Å². The second kappa shape index (κ2) is 11.7. The first-order valence-electron chi connectivity index (χ1n) is 9.48. The first-order chi connectivity index (χ1) is 14.6. The molecule has 7 nitrogen and oxygen atoms in total. The molecule has 0 aliphatic rings. The molecule has 0 radical (unpaired) electrons. The second-order valence-corrected chi connectivity index (χ2v) is 6.09. The highest BCUT2D eigenvalue weighted by molar-refractivity contribution is 6.07. The lowest BCUT2D eigenvalue weighted by atomic mass is 10.1. The molecule has 0 N–H and O–H groups in total. The van der Waals surface area contributed by atoms with Crippen molar-refractivity contribution in [2.75, 3.05) is 48.3 Å². The maximum absolute atomic E-state index is 12.6. The highest BCUT2D eigenvalue weighted by Gasteiger charge is 2.14. The van der Waals surface area contributed by atoms with E-state index >= 15 is 0 Å². The van der Waals surface area contributed by atoms with Gasteiger partial charge in [0.15, 0.2) is 28.8 Å². The van der Waals surface area contributed by atoms with Crippen molar-refractivity contribution in [2.24, 2.45) is 0 Å². The summed E-state index contributed by atoms with van der Waals surface area (Å²) in [5.74, 6) is 2.44. The Hall–Kier alpha value is -3.19. The molecule has 0 fully saturated rings. The molecular formula is C23H28O7. The number of methoxy groups -OCH3 is 4. The van der Waals surface area contributed by atoms with Gasteiger partial charge < -0.3 is 28.4 Å². The van der Waals surface area contributed by atoms with Gasteiger partial charge in [-0.2, -0.15) is 0 Å². The lowest BCUT2D eigenvalue weighted by Crippen LogP contribution is -2.06. The van der Waals surface area contributed by atoms with Crippen molar-refractivity contribution in [3.05, 3.63) is 47.5 Å². The van der Waals surface area contributed by atoms with Crippen LogP contribution in [0.3, 0.4) is 0 Å². The summed E-state index contributed by atoms with van der Waals surface area (Å²) in [6.45, 7) is 3.21. The standard InChI is InChI=1S/C23H28O7/c1-6-29-23-21(27-4)13-16(14-22(23)28-5)7-9-18(24)17-8-10-19(20(15-17)26-3)30-12-11-25-2/h7-10,13-15H,6,11-12H2,1-5H3/b9-7+. The molecule has 0 amide bonds. The number of carbonyl (C=O) groups excluding carboxylic acids is 1. The summed E-state index contributed by atoms with van der Waals surface area (Å²) in [5.41, 5.74) is 1.22. The number of rotatable bonds is 12. The van der Waals surface area contributed by atoms with Gasteiger partial charge in [0.05, 0.1) is 34.5 Å². The Bertz CT molecular complexity index is 849. The number of benzene rings is 2. The number of carbonyl (C=O) groups is 1. The maximum Gasteiger partial charge on any atom is 0.203 e. The highest BCUT2D eigenvalue weighted by Crippen LogP contribution is 2.39. The number of hydrogen-bond acceptors (Lipinski definition) is 7. The zero-order chi connectivity index (χ0) is 21.9. The van der Waals surface area contributed by atoms with Crippen molar-refractivity contribution in [3.8, 4) is 28.7 Å². The van der Waals surface area contributed by atoms with E-state index in [2.05, 4.69) is 0 Å². The minimum Gasteiger partial charge on any atom is -0.493 e. The first kappa shape index (κ1) is 23.1. The topological polar surface area (TPSA) is 72.5 Å². The monoisotopic (exact) mass is 416 g/mol. The van der Waals surface area contributed by atoms with Crippen molar-refractivity contribution in [2.45, 2.75) is 6.92 Å². The Kier molecular flexibility index (Phi) is 9.03. The van der Waals surface area contributed by atoms with Gasteiger partial charge in [0.2, 0.25) is 5.75 Å². The third kappa shape index (κ3) is 5.90. The summed E-state index contributed by atoms with van der Waals surface area (Å²) in [5, 5.41) is 0. The molecule has 162 valence electrons. The van der Waals surface area contributed by atoms with Gasteiger partial charge in [-0.15, -0.1) is 0 Å². The highest BCUT2D eigenvalue weighted by atomic mass is 16.5. The van der Waals surface area contributed by atoms with Crippen LogP contribution in [0.5, 0.6) is 28.7 Å². The summed E-state index contributed by atoms with van der Waals surface area (Å²) >= 11 is 0. The average Bonchev–Trinajstić information content (AvgIpc) is 2.78. The maximum atomic E-state index is 12.6. The minimum absolute atomic E-state index is 0.177. The third-order valence-corrected chi connectivity index (χ3v) is 4.19. The molecule has 0 saturated carbocycles. The summed E-state index contributed by atoms with van der Waals surface area (Å²) in [7, 11) is 6.24. The second-order valence-electron chi connectivity index (χ2n) is 6.09. The van der Waals surface area contributed by atoms with E-state index in [-0.39, 0.29) is 5.78 Å². The van der Waals surface area contributed by atoms with Crippen LogP contribution in [0.4, 0.5) is 0 Å². The van der Waals surface area contributed by atoms with Crippen LogP contribution in [0.15, 0.2) is 36.4 Å². The molecule has 0 unspecified atom stereocenters. The molecule has 2 rings (SSSR count). The quantitative estimate of drug-likeness (QED) is 0.294. The van der Waals surface area contributed by atoms with E-state index in [4.69, 9.17) is 28.4 Å². The predicted octanol–water partition coefficient (Wildman–Crippen LogP) is 4.03. The average molecular weight is 416 g/mol. The molecular weight excluding hydrogens is 388 g/mol. The van der Waals surface area contributed by atoms with Gasteiger partial charge in [0, 0.05) is 12.7 Å². The van der Waals surface area contributed by atoms with E-state index in [0.717, 1.165) is 5.56 Å². The Labute approximate surface area is 177 Å². The summed E-state index contributed by atoms with van der Waals surface area (Å²) < 4.78 is 32.3. The largest absolute Gasteiger partial charge is 0.493 e. The van der Waals surface area contributed by atoms with Gasteiger partial charge in [0.25, 0.3) is 0 Å². The molecule has 0 heterocycles. The van der Waals surface area contributed by atoms with E-state index < -0.39 is 0 Å². The smallest absolute Gasteiger partial charge is 0.203 e. The SMILES string of the molecule is CCOc1c(OC)cc(/C=C/C(=O)c2ccc(OCCOC)c(OC)c2)cc1OC. The van der Waals surface area contributed by atoms with E-state index in [1.165, 1.54) is 13.2 Å². The van der Waals surface area contributed by atoms with Crippen molar-refractivity contribution >= 4 is 11.9 Å². The lowest BCUT2D eigenvalue weighted by Gasteiger charge is -2.14. The molecule has 7 heteroatoms. The number of ketones is 1. The number of ether oxygens (including phenoxy) is 6. The van der Waals surface area contributed by atoms with Crippen LogP contribution in [-0.4, -0.2) is 54.0 Å². The van der Waals surface area contributed by atoms with Crippen molar-refractivity contribution in [1.29, 1.82) is 0 Å². The Morgan fingerprint density at radius 2 is 1.50 bits per heavy atom. The first-order valence-corrected chi connectivity index (χ1v) is 9.48. The minimum atomic E-state index is -0.177. The molecule has 0 aromatic heterocycles. The molecule has 0 saturated heterocycles. The summed E-state index contributed by atoms with van der Waals surface area (Å²) in [4.78, 5) is 12.6. The van der Waals surface area contributed by atoms with Gasteiger partial charge in [0.1, 0.15) is 6.61 Å². The predicted molar refractivity (Wildman–Crippen MR) is 114 cm³/mol. The fourth-order valence-electron chi connectivity index (χ4n) is 2.73. The van der Waals surface area contributed by atoms with E-state index in [1.807, 2.05) is 6.92 Å². The number of allylic oxidation sites excluding steroid dienone is 1. The molecule has 0 bridgehead atoms. The zero-order valence-electron chi connectivity index (χ0n) is 18.0. The van der Waals surface area contributed by atoms with Crippen LogP contribution < -0.4 is 23.7 Å².